The first-order chi connectivity index (χ1) is 9.15. The number of sulfonamides is 1. The fraction of sp³-hybridized carbons (Fsp3) is 0.462. The number of carbonyl (C=O) groups excluding carboxylic acids is 1. The summed E-state index contributed by atoms with van der Waals surface area (Å²) in [6.45, 7) is 5.19. The van der Waals surface area contributed by atoms with Crippen LogP contribution in [-0.4, -0.2) is 33.5 Å². The monoisotopic (exact) mass is 299 g/mol. The lowest BCUT2D eigenvalue weighted by molar-refractivity contribution is -0.121. The third kappa shape index (κ3) is 4.82. The highest BCUT2D eigenvalue weighted by Gasteiger charge is 2.20. The van der Waals surface area contributed by atoms with Crippen molar-refractivity contribution < 1.29 is 13.2 Å². The Kier molecular flexibility index (Phi) is 5.13. The summed E-state index contributed by atoms with van der Waals surface area (Å²) in [6.07, 6.45) is 0. The zero-order valence-corrected chi connectivity index (χ0v) is 13.0. The Balaban J connectivity index is 2.79. The smallest absolute Gasteiger partial charge is 0.243 e. The van der Waals surface area contributed by atoms with Gasteiger partial charge >= 0.3 is 0 Å². The molecule has 7 heteroatoms. The van der Waals surface area contributed by atoms with Gasteiger partial charge in [-0.25, -0.2) is 13.1 Å². The molecule has 0 fully saturated rings. The van der Waals surface area contributed by atoms with Crippen molar-refractivity contribution in [3.05, 3.63) is 24.3 Å². The van der Waals surface area contributed by atoms with Gasteiger partial charge in [-0.1, -0.05) is 12.1 Å². The zero-order chi connectivity index (χ0) is 15.4. The van der Waals surface area contributed by atoms with E-state index in [1.807, 2.05) is 20.8 Å². The van der Waals surface area contributed by atoms with Crippen LogP contribution in [0, 0.1) is 0 Å². The Hall–Kier alpha value is -1.60. The van der Waals surface area contributed by atoms with Crippen molar-refractivity contribution in [3.63, 3.8) is 0 Å². The number of hydrogen-bond acceptors (Lipinski definition) is 4. The van der Waals surface area contributed by atoms with Crippen molar-refractivity contribution in [1.82, 2.24) is 10.0 Å². The summed E-state index contributed by atoms with van der Waals surface area (Å²) in [5.74, 6) is -0.372. The third-order valence-electron chi connectivity index (χ3n) is 2.38. The topological polar surface area (TPSA) is 87.3 Å². The van der Waals surface area contributed by atoms with Crippen molar-refractivity contribution in [3.8, 4) is 0 Å². The molecule has 0 aromatic heterocycles. The Labute approximate surface area is 120 Å². The number of benzene rings is 1. The molecule has 0 radical (unpaired) electrons. The van der Waals surface area contributed by atoms with Gasteiger partial charge in [0.25, 0.3) is 0 Å². The van der Waals surface area contributed by atoms with Crippen molar-refractivity contribution >= 4 is 21.6 Å². The van der Waals surface area contributed by atoms with Crippen LogP contribution in [0.4, 0.5) is 5.69 Å². The van der Waals surface area contributed by atoms with Crippen molar-refractivity contribution in [2.45, 2.75) is 31.2 Å². The minimum atomic E-state index is -3.73. The predicted octanol–water partition coefficient (Wildman–Crippen LogP) is 0.921. The maximum Gasteiger partial charge on any atom is 0.243 e. The highest BCUT2D eigenvalue weighted by Crippen LogP contribution is 2.19. The lowest BCUT2D eigenvalue weighted by Gasteiger charge is -2.20. The van der Waals surface area contributed by atoms with E-state index in [4.69, 9.17) is 0 Å². The van der Waals surface area contributed by atoms with Crippen LogP contribution < -0.4 is 15.4 Å². The average molecular weight is 299 g/mol. The number of rotatable bonds is 5. The molecule has 1 aromatic rings. The molecule has 0 atom stereocenters. The van der Waals surface area contributed by atoms with Gasteiger partial charge in [0.05, 0.1) is 12.2 Å². The number of para-hydroxylation sites is 1. The summed E-state index contributed by atoms with van der Waals surface area (Å²) in [6, 6.07) is 6.50. The normalized spacial score (nSPS) is 12.0. The van der Waals surface area contributed by atoms with Gasteiger partial charge in [-0.15, -0.1) is 0 Å². The molecule has 0 saturated heterocycles. The second kappa shape index (κ2) is 6.23. The maximum atomic E-state index is 12.2. The van der Waals surface area contributed by atoms with E-state index in [2.05, 4.69) is 15.4 Å². The number of hydrogen-bond donors (Lipinski definition) is 3. The average Bonchev–Trinajstić information content (AvgIpc) is 2.34. The van der Waals surface area contributed by atoms with E-state index < -0.39 is 15.6 Å². The first-order valence-electron chi connectivity index (χ1n) is 6.23. The van der Waals surface area contributed by atoms with Crippen molar-refractivity contribution in [2.75, 3.05) is 18.9 Å². The molecule has 0 heterocycles. The SMILES string of the molecule is CNc1ccccc1S(=O)(=O)NCC(=O)NC(C)(C)C. The highest BCUT2D eigenvalue weighted by atomic mass is 32.2. The van der Waals surface area contributed by atoms with Crippen LogP contribution in [0.25, 0.3) is 0 Å². The van der Waals surface area contributed by atoms with Crippen LogP contribution in [0.5, 0.6) is 0 Å². The highest BCUT2D eigenvalue weighted by molar-refractivity contribution is 7.89. The molecule has 1 rings (SSSR count). The molecule has 1 aromatic carbocycles. The maximum absolute atomic E-state index is 12.2. The Morgan fingerprint density at radius 2 is 1.80 bits per heavy atom. The molecule has 0 unspecified atom stereocenters. The summed E-state index contributed by atoms with van der Waals surface area (Å²) in [5.41, 5.74) is 0.0852. The van der Waals surface area contributed by atoms with Crippen LogP contribution in [0.15, 0.2) is 29.2 Å². The molecule has 0 aliphatic carbocycles. The molecule has 0 aliphatic rings. The van der Waals surface area contributed by atoms with Gasteiger partial charge in [-0.05, 0) is 32.9 Å². The lowest BCUT2D eigenvalue weighted by Crippen LogP contribution is -2.45. The molecule has 20 heavy (non-hydrogen) atoms. The quantitative estimate of drug-likeness (QED) is 0.754. The minimum Gasteiger partial charge on any atom is -0.387 e. The van der Waals surface area contributed by atoms with Gasteiger partial charge in [-0.2, -0.15) is 0 Å². The summed E-state index contributed by atoms with van der Waals surface area (Å²) >= 11 is 0. The van der Waals surface area contributed by atoms with Gasteiger partial charge in [0, 0.05) is 12.6 Å². The Morgan fingerprint density at radius 3 is 2.35 bits per heavy atom. The first kappa shape index (κ1) is 16.5. The second-order valence-corrected chi connectivity index (χ2v) is 7.10. The standard InChI is InChI=1S/C13H21N3O3S/c1-13(2,3)16-12(17)9-15-20(18,19)11-8-6-5-7-10(11)14-4/h5-8,14-15H,9H2,1-4H3,(H,16,17). The fourth-order valence-electron chi connectivity index (χ4n) is 1.61. The fourth-order valence-corrected chi connectivity index (χ4v) is 2.80. The van der Waals surface area contributed by atoms with E-state index in [0.717, 1.165) is 0 Å². The van der Waals surface area contributed by atoms with E-state index in [0.29, 0.717) is 5.69 Å². The first-order valence-corrected chi connectivity index (χ1v) is 7.71. The third-order valence-corrected chi connectivity index (χ3v) is 3.84. The van der Waals surface area contributed by atoms with Crippen molar-refractivity contribution in [2.24, 2.45) is 0 Å². The zero-order valence-electron chi connectivity index (χ0n) is 12.1. The van der Waals surface area contributed by atoms with Crippen LogP contribution in [0.1, 0.15) is 20.8 Å². The molecule has 0 aliphatic heterocycles. The van der Waals surface area contributed by atoms with Gasteiger partial charge in [0.2, 0.25) is 15.9 Å². The molecule has 0 spiro atoms. The molecule has 1 amide bonds. The van der Waals surface area contributed by atoms with E-state index in [1.54, 1.807) is 25.2 Å². The van der Waals surface area contributed by atoms with E-state index in [-0.39, 0.29) is 17.3 Å². The van der Waals surface area contributed by atoms with Crippen LogP contribution in [-0.2, 0) is 14.8 Å². The predicted molar refractivity (Wildman–Crippen MR) is 79.1 cm³/mol. The lowest BCUT2D eigenvalue weighted by atomic mass is 10.1. The molecular weight excluding hydrogens is 278 g/mol. The van der Waals surface area contributed by atoms with Gasteiger partial charge in [0.1, 0.15) is 4.90 Å². The molecule has 0 bridgehead atoms. The second-order valence-electron chi connectivity index (χ2n) is 5.37. The number of anilines is 1. The molecule has 6 nitrogen and oxygen atoms in total. The molecule has 112 valence electrons. The van der Waals surface area contributed by atoms with Crippen molar-refractivity contribution in [1.29, 1.82) is 0 Å². The summed E-state index contributed by atoms with van der Waals surface area (Å²) < 4.78 is 26.6. The number of amides is 1. The van der Waals surface area contributed by atoms with Gasteiger partial charge in [0.15, 0.2) is 0 Å². The summed E-state index contributed by atoms with van der Waals surface area (Å²) in [4.78, 5) is 11.8. The Morgan fingerprint density at radius 1 is 1.20 bits per heavy atom. The van der Waals surface area contributed by atoms with Crippen LogP contribution in [0.2, 0.25) is 0 Å². The summed E-state index contributed by atoms with van der Waals surface area (Å²) in [7, 11) is -2.09. The largest absolute Gasteiger partial charge is 0.387 e. The summed E-state index contributed by atoms with van der Waals surface area (Å²) in [5, 5.41) is 5.50. The minimum absolute atomic E-state index is 0.117. The molecule has 0 saturated carbocycles. The van der Waals surface area contributed by atoms with E-state index >= 15 is 0 Å². The van der Waals surface area contributed by atoms with Gasteiger partial charge in [-0.3, -0.25) is 4.79 Å². The number of carbonyl (C=O) groups is 1. The van der Waals surface area contributed by atoms with E-state index in [1.165, 1.54) is 6.07 Å². The molecular formula is C13H21N3O3S. The number of nitrogens with one attached hydrogen (secondary N) is 3. The molecule has 3 N–H and O–H groups in total. The van der Waals surface area contributed by atoms with Gasteiger partial charge < -0.3 is 10.6 Å². The van der Waals surface area contributed by atoms with Crippen LogP contribution >= 0.6 is 0 Å². The van der Waals surface area contributed by atoms with Crippen LogP contribution in [0.3, 0.4) is 0 Å². The Bertz CT molecular complexity index is 577. The van der Waals surface area contributed by atoms with E-state index in [9.17, 15) is 13.2 Å².